The van der Waals surface area contributed by atoms with Gasteiger partial charge in [0.2, 0.25) is 18.4 Å². The summed E-state index contributed by atoms with van der Waals surface area (Å²) in [5.74, 6) is -1.54. The molecule has 1 fully saturated rings. The second-order valence-corrected chi connectivity index (χ2v) is 4.78. The summed E-state index contributed by atoms with van der Waals surface area (Å²) in [5, 5.41) is 12.1. The number of carboxylic acids is 1. The maximum atomic E-state index is 14.3. The molecule has 0 saturated carbocycles. The molecule has 6 nitrogen and oxygen atoms in total. The maximum absolute atomic E-state index is 14.3. The summed E-state index contributed by atoms with van der Waals surface area (Å²) in [6.07, 6.45) is 0.380. The normalized spacial score (nSPS) is 23.9. The van der Waals surface area contributed by atoms with Crippen molar-refractivity contribution in [3.8, 4) is 17.2 Å². The van der Waals surface area contributed by atoms with Gasteiger partial charge in [0.1, 0.15) is 0 Å². The third kappa shape index (κ3) is 1.94. The average molecular weight is 283 g/mol. The van der Waals surface area contributed by atoms with Crippen molar-refractivity contribution in [3.63, 3.8) is 0 Å². The molecule has 2 unspecified atom stereocenters. The first-order chi connectivity index (χ1) is 9.61. The lowest BCUT2D eigenvalue weighted by atomic mass is 9.98. The molecule has 0 spiro atoms. The Bertz CT molecular complexity index is 562. The number of rotatable bonds is 3. The first-order valence-electron chi connectivity index (χ1n) is 6.24. The van der Waals surface area contributed by atoms with Crippen LogP contribution in [-0.4, -0.2) is 31.5 Å². The smallest absolute Gasteiger partial charge is 0.307 e. The Kier molecular flexibility index (Phi) is 3.13. The Balaban J connectivity index is 1.98. The lowest BCUT2D eigenvalue weighted by Gasteiger charge is -2.16. The molecule has 1 aromatic rings. The molecule has 108 valence electrons. The van der Waals surface area contributed by atoms with Crippen LogP contribution in [0.4, 0.5) is 4.39 Å². The van der Waals surface area contributed by atoms with Crippen LogP contribution < -0.4 is 19.5 Å². The van der Waals surface area contributed by atoms with Gasteiger partial charge < -0.3 is 24.6 Å². The lowest BCUT2D eigenvalue weighted by Crippen LogP contribution is -2.17. The fraction of sp³-hybridized carbons (Fsp3) is 0.462. The van der Waals surface area contributed by atoms with E-state index in [1.165, 1.54) is 7.11 Å². The molecule has 1 saturated heterocycles. The molecule has 0 aliphatic carbocycles. The Hall–Kier alpha value is -2.02. The van der Waals surface area contributed by atoms with Crippen molar-refractivity contribution >= 4 is 5.97 Å². The van der Waals surface area contributed by atoms with Crippen LogP contribution in [0.2, 0.25) is 0 Å². The monoisotopic (exact) mass is 283 g/mol. The van der Waals surface area contributed by atoms with Crippen LogP contribution in [0.15, 0.2) is 6.07 Å². The molecular formula is C13H14FNO5. The highest BCUT2D eigenvalue weighted by Gasteiger charge is 2.35. The molecule has 7 heteroatoms. The van der Waals surface area contributed by atoms with Gasteiger partial charge >= 0.3 is 5.97 Å². The van der Waals surface area contributed by atoms with Crippen molar-refractivity contribution in [2.24, 2.45) is 5.92 Å². The van der Waals surface area contributed by atoms with Gasteiger partial charge in [0.25, 0.3) is 0 Å². The predicted molar refractivity (Wildman–Crippen MR) is 65.6 cm³/mol. The number of aliphatic carboxylic acids is 1. The van der Waals surface area contributed by atoms with E-state index in [1.54, 1.807) is 6.07 Å². The SMILES string of the molecule is COc1c(C2CC(C(=O)O)CN2)cc2c(c1F)OCO2. The number of carbonyl (C=O) groups is 1. The molecule has 2 atom stereocenters. The predicted octanol–water partition coefficient (Wildman–Crippen LogP) is 1.30. The summed E-state index contributed by atoms with van der Waals surface area (Å²) in [4.78, 5) is 11.0. The highest BCUT2D eigenvalue weighted by molar-refractivity contribution is 5.71. The number of ether oxygens (including phenoxy) is 3. The van der Waals surface area contributed by atoms with Crippen molar-refractivity contribution in [2.45, 2.75) is 12.5 Å². The highest BCUT2D eigenvalue weighted by atomic mass is 19.1. The summed E-state index contributed by atoms with van der Waals surface area (Å²) in [6, 6.07) is 1.36. The van der Waals surface area contributed by atoms with E-state index in [9.17, 15) is 9.18 Å². The topological polar surface area (TPSA) is 77.0 Å². The van der Waals surface area contributed by atoms with Gasteiger partial charge in [-0.3, -0.25) is 4.79 Å². The van der Waals surface area contributed by atoms with Gasteiger partial charge in [-0.15, -0.1) is 0 Å². The van der Waals surface area contributed by atoms with Gasteiger partial charge in [-0.25, -0.2) is 0 Å². The summed E-state index contributed by atoms with van der Waals surface area (Å²) >= 11 is 0. The zero-order valence-electron chi connectivity index (χ0n) is 10.8. The summed E-state index contributed by atoms with van der Waals surface area (Å²) < 4.78 is 29.6. The van der Waals surface area contributed by atoms with E-state index in [-0.39, 0.29) is 24.3 Å². The molecule has 2 N–H and O–H groups in total. The van der Waals surface area contributed by atoms with E-state index < -0.39 is 17.7 Å². The van der Waals surface area contributed by atoms with E-state index >= 15 is 0 Å². The first-order valence-corrected chi connectivity index (χ1v) is 6.24. The van der Waals surface area contributed by atoms with E-state index in [0.717, 1.165) is 0 Å². The molecular weight excluding hydrogens is 269 g/mol. The maximum Gasteiger partial charge on any atom is 0.307 e. The Labute approximate surface area is 114 Å². The van der Waals surface area contributed by atoms with Crippen LogP contribution >= 0.6 is 0 Å². The minimum absolute atomic E-state index is 0.0330. The quantitative estimate of drug-likeness (QED) is 0.870. The average Bonchev–Trinajstić information content (AvgIpc) is 3.07. The molecule has 2 aliphatic heterocycles. The van der Waals surface area contributed by atoms with Crippen LogP contribution in [0.3, 0.4) is 0 Å². The van der Waals surface area contributed by atoms with Gasteiger partial charge in [0, 0.05) is 18.2 Å². The molecule has 0 amide bonds. The Morgan fingerprint density at radius 1 is 1.55 bits per heavy atom. The number of methoxy groups -OCH3 is 1. The number of carboxylic acid groups (broad SMARTS) is 1. The van der Waals surface area contributed by atoms with E-state index in [4.69, 9.17) is 19.3 Å². The van der Waals surface area contributed by atoms with Gasteiger partial charge in [-0.1, -0.05) is 0 Å². The van der Waals surface area contributed by atoms with Gasteiger partial charge in [-0.05, 0) is 12.5 Å². The number of fused-ring (bicyclic) bond motifs is 1. The van der Waals surface area contributed by atoms with E-state index in [0.29, 0.717) is 24.3 Å². The van der Waals surface area contributed by atoms with Crippen molar-refractivity contribution in [2.75, 3.05) is 20.4 Å². The summed E-state index contributed by atoms with van der Waals surface area (Å²) in [5.41, 5.74) is 0.554. The minimum atomic E-state index is -0.861. The zero-order valence-corrected chi connectivity index (χ0v) is 10.8. The number of hydrogen-bond donors (Lipinski definition) is 2. The molecule has 20 heavy (non-hydrogen) atoms. The molecule has 0 aromatic heterocycles. The summed E-state index contributed by atoms with van der Waals surface area (Å²) in [7, 11) is 1.37. The number of halogens is 1. The third-order valence-electron chi connectivity index (χ3n) is 3.65. The number of hydrogen-bond acceptors (Lipinski definition) is 5. The van der Waals surface area contributed by atoms with Crippen molar-refractivity contribution in [1.29, 1.82) is 0 Å². The number of nitrogens with one attached hydrogen (secondary N) is 1. The Morgan fingerprint density at radius 3 is 3.00 bits per heavy atom. The number of benzene rings is 1. The third-order valence-corrected chi connectivity index (χ3v) is 3.65. The Morgan fingerprint density at radius 2 is 2.35 bits per heavy atom. The minimum Gasteiger partial charge on any atom is -0.493 e. The molecule has 3 rings (SSSR count). The second-order valence-electron chi connectivity index (χ2n) is 4.78. The molecule has 0 bridgehead atoms. The standard InChI is InChI=1S/C13H14FNO5/c1-18-11-7(8-2-6(4-15-8)13(16)17)3-9-12(10(11)14)20-5-19-9/h3,6,8,15H,2,4-5H2,1H3,(H,16,17). The fourth-order valence-electron chi connectivity index (χ4n) is 2.63. The van der Waals surface area contributed by atoms with Crippen molar-refractivity contribution in [1.82, 2.24) is 5.32 Å². The fourth-order valence-corrected chi connectivity index (χ4v) is 2.63. The highest BCUT2D eigenvalue weighted by Crippen LogP contribution is 2.45. The zero-order chi connectivity index (χ0) is 14.3. The van der Waals surface area contributed by atoms with Crippen LogP contribution in [0.5, 0.6) is 17.2 Å². The second kappa shape index (κ2) is 4.82. The molecule has 1 aromatic carbocycles. The molecule has 0 radical (unpaired) electrons. The van der Waals surface area contributed by atoms with Crippen molar-refractivity contribution < 1.29 is 28.5 Å². The van der Waals surface area contributed by atoms with Gasteiger partial charge in [-0.2, -0.15) is 4.39 Å². The van der Waals surface area contributed by atoms with Crippen LogP contribution in [0, 0.1) is 11.7 Å². The van der Waals surface area contributed by atoms with Crippen molar-refractivity contribution in [3.05, 3.63) is 17.4 Å². The van der Waals surface area contributed by atoms with Gasteiger partial charge in [0.05, 0.1) is 13.0 Å². The van der Waals surface area contributed by atoms with Crippen LogP contribution in [0.25, 0.3) is 0 Å². The van der Waals surface area contributed by atoms with Crippen LogP contribution in [-0.2, 0) is 4.79 Å². The summed E-state index contributed by atoms with van der Waals surface area (Å²) in [6.45, 7) is 0.313. The van der Waals surface area contributed by atoms with Crippen LogP contribution in [0.1, 0.15) is 18.0 Å². The largest absolute Gasteiger partial charge is 0.493 e. The van der Waals surface area contributed by atoms with E-state index in [1.807, 2.05) is 0 Å². The van der Waals surface area contributed by atoms with Gasteiger partial charge in [0.15, 0.2) is 11.5 Å². The molecule has 2 aliphatic rings. The first kappa shape index (κ1) is 13.0. The lowest BCUT2D eigenvalue weighted by molar-refractivity contribution is -0.141. The molecule has 2 heterocycles. The van der Waals surface area contributed by atoms with E-state index in [2.05, 4.69) is 5.32 Å².